The predicted octanol–water partition coefficient (Wildman–Crippen LogP) is 6.30. The van der Waals surface area contributed by atoms with Crippen molar-refractivity contribution < 1.29 is 33.2 Å². The van der Waals surface area contributed by atoms with Crippen molar-refractivity contribution >= 4 is 70.0 Å². The standard InChI is InChI=1S/C51H59Cl2FN8O6/c52-30-13-16-36-39(27-30)58-49(68)51(36)42(34-8-4-9-37(53)43(34)54)44(60-50(51)21-2-1-3-22-50)47(66)57-31-14-11-29(12-15-31)45(64)55-23-6-24-61-25-19-32(20-26-61)56-38-10-5-7-33-35(38)28-62(48(33)67)40-17-18-41(63)59-46(40)65/h4-5,7-10,13,16,27,29,31-32,40,42,44,56,60H,1-3,6,11-12,14-15,17-26,28H2,(H,55,64)(H,57,66)(H,58,68)(H,59,63,65)/t29?,31?,40?,42-,44+,51+/m0/s1. The Balaban J connectivity index is 0.705. The van der Waals surface area contributed by atoms with Gasteiger partial charge in [-0.3, -0.25) is 39.4 Å². The summed E-state index contributed by atoms with van der Waals surface area (Å²) < 4.78 is 16.3. The molecule has 7 aliphatic rings. The number of anilines is 2. The highest BCUT2D eigenvalue weighted by Crippen LogP contribution is 2.63. The van der Waals surface area contributed by atoms with Crippen LogP contribution in [-0.4, -0.2) is 101 Å². The third-order valence-electron chi connectivity index (χ3n) is 16.2. The van der Waals surface area contributed by atoms with Gasteiger partial charge in [-0.25, -0.2) is 4.39 Å². The number of likely N-dealkylation sites (tertiary alicyclic amines) is 1. The molecule has 3 aromatic carbocycles. The molecule has 6 amide bonds. The van der Waals surface area contributed by atoms with Crippen molar-refractivity contribution in [1.29, 1.82) is 0 Å². The molecule has 3 saturated heterocycles. The van der Waals surface area contributed by atoms with Gasteiger partial charge in [0.05, 0.1) is 11.1 Å². The Morgan fingerprint density at radius 3 is 2.37 bits per heavy atom. The molecule has 68 heavy (non-hydrogen) atoms. The molecule has 2 spiro atoms. The van der Waals surface area contributed by atoms with Crippen LogP contribution in [0.5, 0.6) is 0 Å². The van der Waals surface area contributed by atoms with Crippen LogP contribution in [0.25, 0.3) is 0 Å². The lowest BCUT2D eigenvalue weighted by atomic mass is 9.55. The first-order chi connectivity index (χ1) is 32.9. The van der Waals surface area contributed by atoms with Gasteiger partial charge < -0.3 is 31.1 Å². The molecule has 0 radical (unpaired) electrons. The second kappa shape index (κ2) is 19.0. The van der Waals surface area contributed by atoms with E-state index in [9.17, 15) is 28.8 Å². The second-order valence-corrected chi connectivity index (χ2v) is 20.9. The summed E-state index contributed by atoms with van der Waals surface area (Å²) in [5.41, 5.74) is 1.78. The zero-order valence-corrected chi connectivity index (χ0v) is 39.6. The van der Waals surface area contributed by atoms with Crippen molar-refractivity contribution in [3.8, 4) is 0 Å². The molecule has 5 fully saturated rings. The van der Waals surface area contributed by atoms with E-state index in [0.29, 0.717) is 79.9 Å². The molecule has 0 bridgehead atoms. The summed E-state index contributed by atoms with van der Waals surface area (Å²) in [5, 5.41) is 19.7. The lowest BCUT2D eigenvalue weighted by Gasteiger charge is -2.47. The van der Waals surface area contributed by atoms with E-state index >= 15 is 4.39 Å². The Hall–Kier alpha value is -5.09. The first-order valence-electron chi connectivity index (χ1n) is 24.5. The smallest absolute Gasteiger partial charge is 0.255 e. The van der Waals surface area contributed by atoms with Crippen molar-refractivity contribution in [1.82, 2.24) is 31.1 Å². The molecule has 6 N–H and O–H groups in total. The molecule has 5 heterocycles. The lowest BCUT2D eigenvalue weighted by molar-refractivity contribution is -0.137. The number of hydrogen-bond acceptors (Lipinski definition) is 9. The molecule has 3 aromatic rings. The maximum absolute atomic E-state index is 16.3. The van der Waals surface area contributed by atoms with Crippen molar-refractivity contribution in [3.05, 3.63) is 92.7 Å². The average molecular weight is 970 g/mol. The number of nitrogens with one attached hydrogen (secondary N) is 6. The summed E-state index contributed by atoms with van der Waals surface area (Å²) in [7, 11) is 0. The molecular weight excluding hydrogens is 911 g/mol. The summed E-state index contributed by atoms with van der Waals surface area (Å²) >= 11 is 12.8. The van der Waals surface area contributed by atoms with E-state index in [0.717, 1.165) is 69.4 Å². The normalized spacial score (nSPS) is 28.0. The van der Waals surface area contributed by atoms with Gasteiger partial charge in [-0.2, -0.15) is 0 Å². The molecule has 0 aromatic heterocycles. The third-order valence-corrected chi connectivity index (χ3v) is 16.8. The van der Waals surface area contributed by atoms with E-state index < -0.39 is 40.7 Å². The van der Waals surface area contributed by atoms with Crippen LogP contribution in [-0.2, 0) is 35.9 Å². The SMILES string of the molecule is O=C1CCC(N2Cc3c(NC4CCN(CCCNC(=O)C5CCC(NC(=O)[C@@H]6NC7(CCCCC7)[C@@]7(C(=O)Nc8cc(Cl)ccc87)[C@H]6c6cccc(Cl)c6F)CC5)CC4)cccc3C2=O)C(=O)N1. The van der Waals surface area contributed by atoms with Gasteiger partial charge in [-0.1, -0.05) is 66.7 Å². The van der Waals surface area contributed by atoms with Crippen molar-refractivity contribution in [2.24, 2.45) is 5.92 Å². The zero-order valence-electron chi connectivity index (χ0n) is 38.1. The van der Waals surface area contributed by atoms with Crippen LogP contribution in [0.15, 0.2) is 54.6 Å². The summed E-state index contributed by atoms with van der Waals surface area (Å²) in [6.07, 6.45) is 9.69. The quantitative estimate of drug-likeness (QED) is 0.0950. The number of benzene rings is 3. The number of imide groups is 1. The zero-order chi connectivity index (χ0) is 47.3. The van der Waals surface area contributed by atoms with Gasteiger partial charge in [0.2, 0.25) is 29.5 Å². The summed E-state index contributed by atoms with van der Waals surface area (Å²) in [6, 6.07) is 14.2. The number of carbonyl (C=O) groups is 6. The number of carbonyl (C=O) groups excluding carboxylic acids is 6. The maximum Gasteiger partial charge on any atom is 0.255 e. The second-order valence-electron chi connectivity index (χ2n) is 20.0. The van der Waals surface area contributed by atoms with Gasteiger partial charge in [0.25, 0.3) is 5.91 Å². The highest BCUT2D eigenvalue weighted by molar-refractivity contribution is 6.31. The van der Waals surface area contributed by atoms with E-state index in [1.54, 1.807) is 35.2 Å². The van der Waals surface area contributed by atoms with Crippen LogP contribution in [0.3, 0.4) is 0 Å². The van der Waals surface area contributed by atoms with Crippen LogP contribution in [0.1, 0.15) is 123 Å². The van der Waals surface area contributed by atoms with E-state index in [2.05, 4.69) is 36.8 Å². The Kier molecular flexibility index (Phi) is 13.0. The topological polar surface area (TPSA) is 181 Å². The minimum absolute atomic E-state index is 0.0314. The van der Waals surface area contributed by atoms with Gasteiger partial charge in [-0.15, -0.1) is 0 Å². The molecule has 2 aliphatic carbocycles. The highest BCUT2D eigenvalue weighted by atomic mass is 35.5. The van der Waals surface area contributed by atoms with Crippen LogP contribution < -0.4 is 31.9 Å². The number of amides is 6. The number of hydrogen-bond donors (Lipinski definition) is 6. The van der Waals surface area contributed by atoms with Gasteiger partial charge in [0, 0.05) is 89.6 Å². The number of piperidine rings is 2. The van der Waals surface area contributed by atoms with Crippen molar-refractivity contribution in [3.63, 3.8) is 0 Å². The number of rotatable bonds is 11. The fourth-order valence-corrected chi connectivity index (χ4v) is 13.3. The minimum Gasteiger partial charge on any atom is -0.382 e. The predicted molar refractivity (Wildman–Crippen MR) is 256 cm³/mol. The fourth-order valence-electron chi connectivity index (χ4n) is 12.9. The molecule has 17 heteroatoms. The largest absolute Gasteiger partial charge is 0.382 e. The third kappa shape index (κ3) is 8.34. The van der Waals surface area contributed by atoms with Crippen LogP contribution in [0, 0.1) is 11.7 Å². The highest BCUT2D eigenvalue weighted by Gasteiger charge is 2.72. The molecule has 360 valence electrons. The molecule has 1 unspecified atom stereocenters. The Bertz CT molecular complexity index is 2520. The molecule has 4 atom stereocenters. The fraction of sp³-hybridized carbons (Fsp3) is 0.529. The minimum atomic E-state index is -1.30. The van der Waals surface area contributed by atoms with Crippen LogP contribution >= 0.6 is 23.2 Å². The van der Waals surface area contributed by atoms with Gasteiger partial charge in [0.15, 0.2) is 0 Å². The van der Waals surface area contributed by atoms with Crippen LogP contribution in [0.2, 0.25) is 10.0 Å². The first-order valence-corrected chi connectivity index (χ1v) is 25.3. The van der Waals surface area contributed by atoms with Crippen molar-refractivity contribution in [2.45, 2.75) is 137 Å². The van der Waals surface area contributed by atoms with E-state index in [-0.39, 0.29) is 64.5 Å². The molecule has 10 rings (SSSR count). The molecule has 2 saturated carbocycles. The van der Waals surface area contributed by atoms with E-state index in [4.69, 9.17) is 23.2 Å². The van der Waals surface area contributed by atoms with Gasteiger partial charge >= 0.3 is 0 Å². The lowest BCUT2D eigenvalue weighted by Crippen LogP contribution is -2.60. The van der Waals surface area contributed by atoms with E-state index in [1.165, 1.54) is 6.07 Å². The monoisotopic (exact) mass is 968 g/mol. The number of nitrogens with zero attached hydrogens (tertiary/aromatic N) is 2. The Morgan fingerprint density at radius 2 is 1.60 bits per heavy atom. The van der Waals surface area contributed by atoms with E-state index in [1.807, 2.05) is 18.2 Å². The Morgan fingerprint density at radius 1 is 0.838 bits per heavy atom. The van der Waals surface area contributed by atoms with Gasteiger partial charge in [-0.05, 0) is 112 Å². The number of fused-ring (bicyclic) bond motifs is 4. The van der Waals surface area contributed by atoms with Crippen molar-refractivity contribution in [2.75, 3.05) is 36.8 Å². The van der Waals surface area contributed by atoms with Crippen LogP contribution in [0.4, 0.5) is 15.8 Å². The summed E-state index contributed by atoms with van der Waals surface area (Å²) in [6.45, 7) is 3.57. The van der Waals surface area contributed by atoms with Gasteiger partial charge in [0.1, 0.15) is 17.3 Å². The maximum atomic E-state index is 16.3. The molecule has 14 nitrogen and oxygen atoms in total. The molecular formula is C51H59Cl2FN8O6. The summed E-state index contributed by atoms with van der Waals surface area (Å²) in [5.74, 6) is -3.14. The molecule has 5 aliphatic heterocycles. The first kappa shape index (κ1) is 46.6. The number of halogens is 3. The Labute approximate surface area is 405 Å². The summed E-state index contributed by atoms with van der Waals surface area (Å²) in [4.78, 5) is 84.3. The average Bonchev–Trinajstić information content (AvgIpc) is 3.93.